The van der Waals surface area contributed by atoms with Crippen LogP contribution in [-0.4, -0.2) is 82.0 Å². The van der Waals surface area contributed by atoms with Gasteiger partial charge in [-0.15, -0.1) is 0 Å². The largest absolute Gasteiger partial charge is 0.444 e. The summed E-state index contributed by atoms with van der Waals surface area (Å²) in [6, 6.07) is 1.26. The number of likely N-dealkylation sites (tertiary alicyclic amines) is 2. The van der Waals surface area contributed by atoms with E-state index >= 15 is 13.2 Å². The molecular weight excluding hydrogens is 539 g/mol. The van der Waals surface area contributed by atoms with Gasteiger partial charge in [0.25, 0.3) is 0 Å². The molecule has 0 spiro atoms. The van der Waals surface area contributed by atoms with Crippen molar-refractivity contribution >= 4 is 28.8 Å². The third-order valence-corrected chi connectivity index (χ3v) is 8.47. The van der Waals surface area contributed by atoms with Crippen molar-refractivity contribution in [2.75, 3.05) is 32.7 Å². The number of aromatic nitrogens is 2. The van der Waals surface area contributed by atoms with Gasteiger partial charge in [0.05, 0.1) is 18.2 Å². The predicted molar refractivity (Wildman–Crippen MR) is 145 cm³/mol. The first-order valence-electron chi connectivity index (χ1n) is 14.3. The first kappa shape index (κ1) is 29.3. The molecule has 1 N–H and O–H groups in total. The second-order valence-corrected chi connectivity index (χ2v) is 12.6. The summed E-state index contributed by atoms with van der Waals surface area (Å²) in [5, 5.41) is 6.88. The Morgan fingerprint density at radius 3 is 2.46 bits per heavy atom. The molecule has 3 amide bonds. The van der Waals surface area contributed by atoms with Crippen LogP contribution in [0, 0.1) is 17.6 Å². The van der Waals surface area contributed by atoms with Gasteiger partial charge in [0.2, 0.25) is 11.8 Å². The van der Waals surface area contributed by atoms with E-state index in [1.165, 1.54) is 15.6 Å². The van der Waals surface area contributed by atoms with Crippen LogP contribution < -0.4 is 5.32 Å². The monoisotopic (exact) mass is 577 g/mol. The third-order valence-electron chi connectivity index (χ3n) is 8.47. The summed E-state index contributed by atoms with van der Waals surface area (Å²) in [6.07, 6.45) is 0.265. The number of carbonyl (C=O) groups is 3. The highest BCUT2D eigenvalue weighted by atomic mass is 19.1. The number of rotatable bonds is 4. The number of aryl methyl sites for hydroxylation is 1. The third kappa shape index (κ3) is 6.07. The van der Waals surface area contributed by atoms with Crippen LogP contribution in [0.5, 0.6) is 0 Å². The highest BCUT2D eigenvalue weighted by Gasteiger charge is 2.37. The fourth-order valence-electron chi connectivity index (χ4n) is 6.37. The lowest BCUT2D eigenvalue weighted by Gasteiger charge is -2.39. The normalized spacial score (nSPS) is 25.0. The van der Waals surface area contributed by atoms with Gasteiger partial charge in [0.15, 0.2) is 5.82 Å². The molecule has 3 aliphatic heterocycles. The van der Waals surface area contributed by atoms with E-state index < -0.39 is 41.3 Å². The van der Waals surface area contributed by atoms with Crippen molar-refractivity contribution in [3.8, 4) is 0 Å². The molecule has 3 atom stereocenters. The average Bonchev–Trinajstić information content (AvgIpc) is 3.20. The van der Waals surface area contributed by atoms with Crippen LogP contribution >= 0.6 is 0 Å². The highest BCUT2D eigenvalue weighted by Crippen LogP contribution is 2.38. The molecule has 3 saturated heterocycles. The minimum Gasteiger partial charge on any atom is -0.444 e. The quantitative estimate of drug-likeness (QED) is 0.549. The standard InChI is InChI=1S/C29H38F3N5O4/c1-29(2,3)41-28(40)37-12-9-17(21(31)15-37)14-36-10-7-16(8-11-36)23-20(30)13-19-25(34-35(4)26(19)24(23)32)18-5-6-22(38)33-27(18)39/h13,16-18,21H,5-12,14-15H2,1-4H3,(H,33,38,39)/t17-,18?,21-/m0/s1. The minimum absolute atomic E-state index is 0.00199. The molecule has 4 heterocycles. The van der Waals surface area contributed by atoms with Crippen molar-refractivity contribution in [2.24, 2.45) is 13.0 Å². The number of ether oxygens (including phenoxy) is 1. The molecule has 3 aliphatic rings. The zero-order chi connectivity index (χ0) is 29.6. The molecule has 0 bridgehead atoms. The van der Waals surface area contributed by atoms with E-state index in [9.17, 15) is 14.4 Å². The van der Waals surface area contributed by atoms with Crippen molar-refractivity contribution in [3.05, 3.63) is 29.0 Å². The Labute approximate surface area is 237 Å². The van der Waals surface area contributed by atoms with Gasteiger partial charge < -0.3 is 14.5 Å². The van der Waals surface area contributed by atoms with Crippen molar-refractivity contribution in [2.45, 2.75) is 76.5 Å². The van der Waals surface area contributed by atoms with Gasteiger partial charge in [0.1, 0.15) is 23.1 Å². The Morgan fingerprint density at radius 2 is 1.83 bits per heavy atom. The maximum Gasteiger partial charge on any atom is 0.410 e. The van der Waals surface area contributed by atoms with Gasteiger partial charge >= 0.3 is 6.09 Å². The SMILES string of the molecule is Cn1nc(C2CCC(=O)NC2=O)c2cc(F)c(C3CCN(C[C@@H]4CCN(C(=O)OC(C)(C)C)C[C@@H]4F)CC3)c(F)c21. The summed E-state index contributed by atoms with van der Waals surface area (Å²) in [4.78, 5) is 39.8. The lowest BCUT2D eigenvalue weighted by Crippen LogP contribution is -2.50. The smallest absolute Gasteiger partial charge is 0.410 e. The zero-order valence-electron chi connectivity index (χ0n) is 24.0. The van der Waals surface area contributed by atoms with Crippen LogP contribution in [0.4, 0.5) is 18.0 Å². The molecule has 41 heavy (non-hydrogen) atoms. The summed E-state index contributed by atoms with van der Waals surface area (Å²) >= 11 is 0. The Kier molecular flexibility index (Phi) is 8.06. The summed E-state index contributed by atoms with van der Waals surface area (Å²) in [5.74, 6) is -3.55. The van der Waals surface area contributed by atoms with Crippen LogP contribution in [-0.2, 0) is 21.4 Å². The number of alkyl halides is 1. The minimum atomic E-state index is -1.17. The second-order valence-electron chi connectivity index (χ2n) is 12.6. The van der Waals surface area contributed by atoms with Gasteiger partial charge in [-0.3, -0.25) is 19.6 Å². The van der Waals surface area contributed by atoms with E-state index in [2.05, 4.69) is 15.3 Å². The molecule has 1 aromatic carbocycles. The number of imide groups is 1. The van der Waals surface area contributed by atoms with E-state index in [4.69, 9.17) is 4.74 Å². The van der Waals surface area contributed by atoms with E-state index in [0.29, 0.717) is 45.4 Å². The fraction of sp³-hybridized carbons (Fsp3) is 0.655. The van der Waals surface area contributed by atoms with E-state index in [0.717, 1.165) is 0 Å². The van der Waals surface area contributed by atoms with Crippen molar-refractivity contribution in [1.29, 1.82) is 0 Å². The molecule has 0 aliphatic carbocycles. The molecule has 0 radical (unpaired) electrons. The molecule has 9 nitrogen and oxygen atoms in total. The first-order chi connectivity index (χ1) is 19.3. The van der Waals surface area contributed by atoms with E-state index in [1.54, 1.807) is 27.8 Å². The summed E-state index contributed by atoms with van der Waals surface area (Å²) in [6.45, 7) is 7.44. The van der Waals surface area contributed by atoms with Gasteiger partial charge in [-0.2, -0.15) is 5.10 Å². The molecule has 224 valence electrons. The number of nitrogens with one attached hydrogen (secondary N) is 1. The number of hydrogen-bond acceptors (Lipinski definition) is 6. The Morgan fingerprint density at radius 1 is 1.12 bits per heavy atom. The predicted octanol–water partition coefficient (Wildman–Crippen LogP) is 4.15. The molecular formula is C29H38F3N5O4. The van der Waals surface area contributed by atoms with Crippen LogP contribution in [0.2, 0.25) is 0 Å². The Hall–Kier alpha value is -3.15. The van der Waals surface area contributed by atoms with Crippen molar-refractivity contribution in [1.82, 2.24) is 24.9 Å². The number of halogens is 3. The lowest BCUT2D eigenvalue weighted by molar-refractivity contribution is -0.134. The zero-order valence-corrected chi connectivity index (χ0v) is 24.0. The Balaban J connectivity index is 1.23. The molecule has 0 saturated carbocycles. The molecule has 1 unspecified atom stereocenters. The molecule has 1 aromatic heterocycles. The van der Waals surface area contributed by atoms with E-state index in [1.807, 2.05) is 0 Å². The van der Waals surface area contributed by atoms with Crippen LogP contribution in [0.25, 0.3) is 10.9 Å². The summed E-state index contributed by atoms with van der Waals surface area (Å²) < 4.78 is 53.1. The van der Waals surface area contributed by atoms with E-state index in [-0.39, 0.29) is 59.3 Å². The maximum atomic E-state index is 15.9. The fourth-order valence-corrected chi connectivity index (χ4v) is 6.37. The number of carbonyl (C=O) groups excluding carboxylic acids is 3. The van der Waals surface area contributed by atoms with Crippen LogP contribution in [0.3, 0.4) is 0 Å². The first-order valence-corrected chi connectivity index (χ1v) is 14.3. The molecule has 12 heteroatoms. The number of hydrogen-bond donors (Lipinski definition) is 1. The summed E-state index contributed by atoms with van der Waals surface area (Å²) in [5.41, 5.74) is -0.213. The number of nitrogens with zero attached hydrogens (tertiary/aromatic N) is 4. The summed E-state index contributed by atoms with van der Waals surface area (Å²) in [7, 11) is 1.56. The van der Waals surface area contributed by atoms with Crippen molar-refractivity contribution in [3.63, 3.8) is 0 Å². The average molecular weight is 578 g/mol. The lowest BCUT2D eigenvalue weighted by atomic mass is 9.86. The molecule has 3 fully saturated rings. The number of benzene rings is 1. The topological polar surface area (TPSA) is 96.8 Å². The number of amides is 3. The van der Waals surface area contributed by atoms with Gasteiger partial charge in [-0.05, 0) is 71.5 Å². The number of fused-ring (bicyclic) bond motifs is 1. The van der Waals surface area contributed by atoms with Gasteiger partial charge in [-0.1, -0.05) is 0 Å². The second kappa shape index (κ2) is 11.3. The van der Waals surface area contributed by atoms with Gasteiger partial charge in [0, 0.05) is 43.4 Å². The maximum absolute atomic E-state index is 15.9. The highest BCUT2D eigenvalue weighted by molar-refractivity contribution is 6.02. The molecule has 2 aromatic rings. The van der Waals surface area contributed by atoms with Crippen molar-refractivity contribution < 1.29 is 32.3 Å². The van der Waals surface area contributed by atoms with Gasteiger partial charge in [-0.25, -0.2) is 18.0 Å². The van der Waals surface area contributed by atoms with Crippen LogP contribution in [0.15, 0.2) is 6.07 Å². The van der Waals surface area contributed by atoms with Crippen LogP contribution in [0.1, 0.15) is 76.0 Å². The number of piperidine rings is 3. The Bertz CT molecular complexity index is 1350. The molecule has 5 rings (SSSR count).